The van der Waals surface area contributed by atoms with Gasteiger partial charge in [-0.15, -0.1) is 0 Å². The van der Waals surface area contributed by atoms with E-state index in [-0.39, 0.29) is 11.6 Å². The highest BCUT2D eigenvalue weighted by Gasteiger charge is 2.23. The van der Waals surface area contributed by atoms with E-state index in [0.29, 0.717) is 37.7 Å². The van der Waals surface area contributed by atoms with Crippen LogP contribution in [0.15, 0.2) is 66.7 Å². The van der Waals surface area contributed by atoms with Gasteiger partial charge in [-0.05, 0) is 73.5 Å². The Morgan fingerprint density at radius 1 is 1.00 bits per heavy atom. The molecule has 0 fully saturated rings. The Hall–Kier alpha value is -3.25. The first-order valence-corrected chi connectivity index (χ1v) is 11.5. The van der Waals surface area contributed by atoms with Crippen LogP contribution in [-0.2, 0) is 0 Å². The molecule has 34 heavy (non-hydrogen) atoms. The lowest BCUT2D eigenvalue weighted by molar-refractivity contribution is 0.102. The zero-order chi connectivity index (χ0) is 24.4. The molecule has 1 aromatic heterocycles. The minimum Gasteiger partial charge on any atom is -0.397 e. The molecule has 0 saturated heterocycles. The van der Waals surface area contributed by atoms with Crippen LogP contribution in [0.4, 0.5) is 11.4 Å². The fraction of sp³-hybridized carbons (Fsp3) is 0.0769. The van der Waals surface area contributed by atoms with E-state index in [9.17, 15) is 4.79 Å². The molecule has 0 aliphatic rings. The lowest BCUT2D eigenvalue weighted by Gasteiger charge is -2.11. The second kappa shape index (κ2) is 9.94. The molecule has 0 spiro atoms. The molecule has 0 aliphatic carbocycles. The summed E-state index contributed by atoms with van der Waals surface area (Å²) in [4.78, 5) is 13.2. The fourth-order valence-electron chi connectivity index (χ4n) is 3.71. The molecule has 0 saturated carbocycles. The molecule has 0 aliphatic heterocycles. The maximum Gasteiger partial charge on any atom is 0.276 e. The highest BCUT2D eigenvalue weighted by atomic mass is 35.5. The molecule has 0 bridgehead atoms. The summed E-state index contributed by atoms with van der Waals surface area (Å²) < 4.78 is 1.66. The van der Waals surface area contributed by atoms with E-state index in [1.54, 1.807) is 47.1 Å². The van der Waals surface area contributed by atoms with Gasteiger partial charge < -0.3 is 11.1 Å². The number of amides is 1. The van der Waals surface area contributed by atoms with E-state index in [4.69, 9.17) is 40.5 Å². The molecule has 1 amide bonds. The summed E-state index contributed by atoms with van der Waals surface area (Å²) in [5.41, 5.74) is 11.0. The molecule has 1 heterocycles. The monoisotopic (exact) mass is 510 g/mol. The van der Waals surface area contributed by atoms with Crippen molar-refractivity contribution >= 4 is 63.7 Å². The minimum atomic E-state index is -0.379. The third-order valence-corrected chi connectivity index (χ3v) is 6.06. The molecule has 3 N–H and O–H groups in total. The van der Waals surface area contributed by atoms with Gasteiger partial charge in [-0.2, -0.15) is 5.10 Å². The topological polar surface area (TPSA) is 72.9 Å². The van der Waals surface area contributed by atoms with Gasteiger partial charge in [0.05, 0.1) is 27.8 Å². The second-order valence-electron chi connectivity index (χ2n) is 7.75. The van der Waals surface area contributed by atoms with Gasteiger partial charge in [0, 0.05) is 15.6 Å². The van der Waals surface area contributed by atoms with Crippen LogP contribution < -0.4 is 11.1 Å². The maximum absolute atomic E-state index is 13.2. The standard InChI is InChI=1S/C26H21Cl3N4O/c1-15(12-17-6-5-7-18(27)13-17)25-16(2)24(26(34)31-22-9-4-3-8-21(22)30)32-33(25)23-11-10-19(28)14-20(23)29/h3-14H,30H2,1-2H3,(H,31,34). The number of hydrogen-bond donors (Lipinski definition) is 2. The van der Waals surface area contributed by atoms with Crippen LogP contribution in [0.3, 0.4) is 0 Å². The Labute approximate surface area is 212 Å². The van der Waals surface area contributed by atoms with E-state index in [1.165, 1.54) is 0 Å². The minimum absolute atomic E-state index is 0.253. The van der Waals surface area contributed by atoms with Crippen LogP contribution >= 0.6 is 34.8 Å². The Kier molecular flexibility index (Phi) is 6.98. The lowest BCUT2D eigenvalue weighted by atomic mass is 10.0. The number of carbonyl (C=O) groups excluding carboxylic acids is 1. The van der Waals surface area contributed by atoms with Crippen molar-refractivity contribution in [3.05, 3.63) is 104 Å². The highest BCUT2D eigenvalue weighted by Crippen LogP contribution is 2.32. The number of allylic oxidation sites excluding steroid dienone is 1. The molecule has 5 nitrogen and oxygen atoms in total. The van der Waals surface area contributed by atoms with Crippen molar-refractivity contribution < 1.29 is 4.79 Å². The summed E-state index contributed by atoms with van der Waals surface area (Å²) in [6.07, 6.45) is 1.98. The fourth-order valence-corrected chi connectivity index (χ4v) is 4.40. The smallest absolute Gasteiger partial charge is 0.276 e. The first-order valence-electron chi connectivity index (χ1n) is 10.4. The summed E-state index contributed by atoms with van der Waals surface area (Å²) in [5, 5.41) is 9.04. The van der Waals surface area contributed by atoms with Gasteiger partial charge in [0.15, 0.2) is 5.69 Å². The van der Waals surface area contributed by atoms with Gasteiger partial charge in [-0.25, -0.2) is 4.68 Å². The molecule has 8 heteroatoms. The molecule has 0 unspecified atom stereocenters. The molecule has 172 valence electrons. The van der Waals surface area contributed by atoms with Crippen molar-refractivity contribution in [3.63, 3.8) is 0 Å². The van der Waals surface area contributed by atoms with Crippen LogP contribution in [0.1, 0.15) is 34.2 Å². The van der Waals surface area contributed by atoms with Gasteiger partial charge in [0.25, 0.3) is 5.91 Å². The molecular weight excluding hydrogens is 491 g/mol. The molecule has 4 rings (SSSR count). The number of para-hydroxylation sites is 2. The first kappa shape index (κ1) is 23.9. The Morgan fingerprint density at radius 2 is 1.74 bits per heavy atom. The zero-order valence-corrected chi connectivity index (χ0v) is 20.7. The summed E-state index contributed by atoms with van der Waals surface area (Å²) in [6.45, 7) is 3.79. The number of anilines is 2. The second-order valence-corrected chi connectivity index (χ2v) is 9.03. The third kappa shape index (κ3) is 4.97. The Bertz CT molecular complexity index is 1430. The number of halogens is 3. The summed E-state index contributed by atoms with van der Waals surface area (Å²) >= 11 is 18.8. The zero-order valence-electron chi connectivity index (χ0n) is 18.4. The van der Waals surface area contributed by atoms with Crippen molar-refractivity contribution in [2.24, 2.45) is 0 Å². The van der Waals surface area contributed by atoms with E-state index >= 15 is 0 Å². The number of nitrogens with one attached hydrogen (secondary N) is 1. The third-order valence-electron chi connectivity index (χ3n) is 5.29. The van der Waals surface area contributed by atoms with Gasteiger partial charge in [-0.1, -0.05) is 59.1 Å². The van der Waals surface area contributed by atoms with Gasteiger partial charge in [-0.3, -0.25) is 4.79 Å². The van der Waals surface area contributed by atoms with Crippen molar-refractivity contribution in [1.29, 1.82) is 0 Å². The molecule has 4 aromatic rings. The highest BCUT2D eigenvalue weighted by molar-refractivity contribution is 6.35. The van der Waals surface area contributed by atoms with Crippen LogP contribution in [0.5, 0.6) is 0 Å². The van der Waals surface area contributed by atoms with Crippen LogP contribution in [0.25, 0.3) is 17.3 Å². The number of nitrogens with two attached hydrogens (primary N) is 1. The van der Waals surface area contributed by atoms with E-state index < -0.39 is 0 Å². The average Bonchev–Trinajstić information content (AvgIpc) is 3.12. The number of rotatable bonds is 5. The molecule has 0 atom stereocenters. The van der Waals surface area contributed by atoms with Crippen LogP contribution in [0.2, 0.25) is 15.1 Å². The van der Waals surface area contributed by atoms with Crippen molar-refractivity contribution in [2.45, 2.75) is 13.8 Å². The lowest BCUT2D eigenvalue weighted by Crippen LogP contribution is -2.15. The summed E-state index contributed by atoms with van der Waals surface area (Å²) in [7, 11) is 0. The SMILES string of the molecule is CC(=Cc1cccc(Cl)c1)c1c(C)c(C(=O)Nc2ccccc2N)nn1-c1ccc(Cl)cc1Cl. The number of aromatic nitrogens is 2. The normalized spacial score (nSPS) is 11.5. The average molecular weight is 512 g/mol. The maximum atomic E-state index is 13.2. The molecule has 0 radical (unpaired) electrons. The Balaban J connectivity index is 1.85. The first-order chi connectivity index (χ1) is 16.2. The summed E-state index contributed by atoms with van der Waals surface area (Å²) in [6, 6.07) is 19.7. The van der Waals surface area contributed by atoms with Crippen LogP contribution in [0, 0.1) is 6.92 Å². The number of hydrogen-bond acceptors (Lipinski definition) is 3. The van der Waals surface area contributed by atoms with E-state index in [0.717, 1.165) is 16.8 Å². The number of nitrogens with zero attached hydrogens (tertiary/aromatic N) is 2. The largest absolute Gasteiger partial charge is 0.397 e. The quantitative estimate of drug-likeness (QED) is 0.272. The van der Waals surface area contributed by atoms with Crippen LogP contribution in [-0.4, -0.2) is 15.7 Å². The number of nitrogen functional groups attached to an aromatic ring is 1. The van der Waals surface area contributed by atoms with Crippen molar-refractivity contribution in [1.82, 2.24) is 9.78 Å². The molecular formula is C26H21Cl3N4O. The van der Waals surface area contributed by atoms with Crippen molar-refractivity contribution in [2.75, 3.05) is 11.1 Å². The van der Waals surface area contributed by atoms with Gasteiger partial charge in [0.1, 0.15) is 0 Å². The van der Waals surface area contributed by atoms with Crippen molar-refractivity contribution in [3.8, 4) is 5.69 Å². The van der Waals surface area contributed by atoms with E-state index in [1.807, 2.05) is 44.2 Å². The predicted molar refractivity (Wildman–Crippen MR) is 142 cm³/mol. The predicted octanol–water partition coefficient (Wildman–Crippen LogP) is 7.54. The van der Waals surface area contributed by atoms with Gasteiger partial charge >= 0.3 is 0 Å². The molecule has 3 aromatic carbocycles. The Morgan fingerprint density at radius 3 is 2.44 bits per heavy atom. The van der Waals surface area contributed by atoms with Gasteiger partial charge in [0.2, 0.25) is 0 Å². The number of benzene rings is 3. The van der Waals surface area contributed by atoms with E-state index in [2.05, 4.69) is 10.4 Å². The number of carbonyl (C=O) groups is 1. The summed E-state index contributed by atoms with van der Waals surface area (Å²) in [5.74, 6) is -0.379.